The van der Waals surface area contributed by atoms with Crippen LogP contribution in [0.4, 0.5) is 17.3 Å². The van der Waals surface area contributed by atoms with Gasteiger partial charge in [-0.25, -0.2) is 9.97 Å². The number of nitrogens with zero attached hydrogens (tertiary/aromatic N) is 5. The van der Waals surface area contributed by atoms with E-state index in [1.165, 1.54) is 0 Å². The summed E-state index contributed by atoms with van der Waals surface area (Å²) in [5.41, 5.74) is 12.6. The van der Waals surface area contributed by atoms with Crippen LogP contribution in [0.1, 0.15) is 42.0 Å². The Bertz CT molecular complexity index is 1110. The van der Waals surface area contributed by atoms with Crippen molar-refractivity contribution in [3.63, 3.8) is 0 Å². The third-order valence-electron chi connectivity index (χ3n) is 5.53. The van der Waals surface area contributed by atoms with E-state index in [9.17, 15) is 4.79 Å². The molecule has 1 aliphatic heterocycles. The van der Waals surface area contributed by atoms with Gasteiger partial charge in [0, 0.05) is 24.0 Å². The third kappa shape index (κ3) is 4.80. The molecule has 3 aromatic rings. The quantitative estimate of drug-likeness (QED) is 0.481. The molecule has 1 aliphatic rings. The van der Waals surface area contributed by atoms with E-state index in [-0.39, 0.29) is 17.4 Å². The van der Waals surface area contributed by atoms with Gasteiger partial charge in [0.2, 0.25) is 5.88 Å². The Hall–Kier alpha value is -3.66. The summed E-state index contributed by atoms with van der Waals surface area (Å²) in [6.45, 7) is 4.00. The Morgan fingerprint density at radius 1 is 1.28 bits per heavy atom. The molecule has 168 valence electrons. The van der Waals surface area contributed by atoms with Gasteiger partial charge < -0.3 is 31.0 Å². The van der Waals surface area contributed by atoms with E-state index >= 15 is 0 Å². The molecule has 0 spiro atoms. The lowest BCUT2D eigenvalue weighted by Crippen LogP contribution is -2.31. The number of amides is 1. The van der Waals surface area contributed by atoms with E-state index in [2.05, 4.69) is 36.8 Å². The first kappa shape index (κ1) is 21.6. The van der Waals surface area contributed by atoms with E-state index in [0.717, 1.165) is 25.9 Å². The Kier molecular flexibility index (Phi) is 6.22. The van der Waals surface area contributed by atoms with Gasteiger partial charge in [0.25, 0.3) is 5.91 Å². The first-order valence-electron chi connectivity index (χ1n) is 10.7. The van der Waals surface area contributed by atoms with Gasteiger partial charge in [-0.2, -0.15) is 4.98 Å². The van der Waals surface area contributed by atoms with Crippen molar-refractivity contribution in [1.82, 2.24) is 24.4 Å². The highest BCUT2D eigenvalue weighted by atomic mass is 16.5. The van der Waals surface area contributed by atoms with E-state index in [1.54, 1.807) is 30.6 Å². The average molecular weight is 437 g/mol. The summed E-state index contributed by atoms with van der Waals surface area (Å²) in [4.78, 5) is 27.8. The molecule has 3 heterocycles. The molecule has 1 fully saturated rings. The van der Waals surface area contributed by atoms with E-state index in [1.807, 2.05) is 13.1 Å². The molecule has 2 aromatic heterocycles. The number of nitrogen functional groups attached to an aromatic ring is 1. The predicted octanol–water partition coefficient (Wildman–Crippen LogP) is 2.72. The number of aryl methyl sites for hydroxylation is 1. The van der Waals surface area contributed by atoms with Crippen molar-refractivity contribution >= 4 is 23.2 Å². The molecule has 0 saturated carbocycles. The molecule has 1 saturated heterocycles. The second-order valence-corrected chi connectivity index (χ2v) is 7.93. The van der Waals surface area contributed by atoms with Crippen LogP contribution in [-0.4, -0.2) is 50.5 Å². The van der Waals surface area contributed by atoms with Crippen LogP contribution < -0.4 is 21.5 Å². The van der Waals surface area contributed by atoms with Crippen molar-refractivity contribution in [1.29, 1.82) is 0 Å². The minimum Gasteiger partial charge on any atom is -0.437 e. The zero-order valence-electron chi connectivity index (χ0n) is 18.3. The molecule has 10 nitrogen and oxygen atoms in total. The number of hydrogen-bond donors (Lipinski definition) is 3. The van der Waals surface area contributed by atoms with E-state index in [4.69, 9.17) is 16.2 Å². The zero-order chi connectivity index (χ0) is 22.7. The van der Waals surface area contributed by atoms with Gasteiger partial charge in [-0.05, 0) is 51.5 Å². The second kappa shape index (κ2) is 9.23. The van der Waals surface area contributed by atoms with Crippen LogP contribution in [0, 0.1) is 0 Å². The smallest absolute Gasteiger partial charge is 0.271 e. The van der Waals surface area contributed by atoms with Gasteiger partial charge in [-0.1, -0.05) is 13.0 Å². The number of likely N-dealkylation sites (tertiary alicyclic amines) is 1. The van der Waals surface area contributed by atoms with Gasteiger partial charge in [0.1, 0.15) is 17.3 Å². The number of piperidine rings is 1. The van der Waals surface area contributed by atoms with Crippen molar-refractivity contribution in [2.45, 2.75) is 32.2 Å². The maximum absolute atomic E-state index is 12.1. The molecule has 0 atom stereocenters. The molecule has 10 heteroatoms. The van der Waals surface area contributed by atoms with Crippen molar-refractivity contribution < 1.29 is 9.53 Å². The number of primary amides is 1. The summed E-state index contributed by atoms with van der Waals surface area (Å²) >= 11 is 0. The lowest BCUT2D eigenvalue weighted by atomic mass is 10.1. The number of rotatable bonds is 7. The van der Waals surface area contributed by atoms with E-state index < -0.39 is 5.91 Å². The number of hydrogen-bond acceptors (Lipinski definition) is 8. The number of anilines is 3. The van der Waals surface area contributed by atoms with Gasteiger partial charge in [-0.15, -0.1) is 0 Å². The van der Waals surface area contributed by atoms with Crippen LogP contribution in [0.15, 0.2) is 36.8 Å². The minimum absolute atomic E-state index is 0.0376. The highest BCUT2D eigenvalue weighted by molar-refractivity contribution is 5.96. The Morgan fingerprint density at radius 2 is 2.06 bits per heavy atom. The molecule has 1 aromatic carbocycles. The molecule has 0 radical (unpaired) electrons. The topological polar surface area (TPSA) is 137 Å². The Labute approximate surface area is 186 Å². The van der Waals surface area contributed by atoms with Crippen molar-refractivity contribution in [3.8, 4) is 11.6 Å². The molecular formula is C22H28N8O2. The highest BCUT2D eigenvalue weighted by Crippen LogP contribution is 2.29. The maximum atomic E-state index is 12.1. The van der Waals surface area contributed by atoms with Crippen LogP contribution in [0.3, 0.4) is 0 Å². The largest absolute Gasteiger partial charge is 0.437 e. The van der Waals surface area contributed by atoms with Gasteiger partial charge in [0.15, 0.2) is 11.5 Å². The lowest BCUT2D eigenvalue weighted by Gasteiger charge is -2.29. The molecule has 0 bridgehead atoms. The average Bonchev–Trinajstić information content (AvgIpc) is 3.23. The summed E-state index contributed by atoms with van der Waals surface area (Å²) in [5, 5.41) is 3.09. The van der Waals surface area contributed by atoms with Crippen LogP contribution in [0.25, 0.3) is 0 Å². The number of imidazole rings is 1. The zero-order valence-corrected chi connectivity index (χ0v) is 18.3. The summed E-state index contributed by atoms with van der Waals surface area (Å²) in [7, 11) is 2.13. The van der Waals surface area contributed by atoms with Gasteiger partial charge in [0.05, 0.1) is 6.33 Å². The summed E-state index contributed by atoms with van der Waals surface area (Å²) in [6, 6.07) is 7.41. The third-order valence-corrected chi connectivity index (χ3v) is 5.53. The number of carbonyl (C=O) groups is 1. The van der Waals surface area contributed by atoms with Crippen molar-refractivity contribution in [3.05, 3.63) is 48.2 Å². The Balaban J connectivity index is 1.61. The molecule has 32 heavy (non-hydrogen) atoms. The predicted molar refractivity (Wildman–Crippen MR) is 122 cm³/mol. The fourth-order valence-corrected chi connectivity index (χ4v) is 3.73. The summed E-state index contributed by atoms with van der Waals surface area (Å²) < 4.78 is 8.02. The first-order valence-corrected chi connectivity index (χ1v) is 10.7. The van der Waals surface area contributed by atoms with Crippen molar-refractivity contribution in [2.75, 3.05) is 31.2 Å². The van der Waals surface area contributed by atoms with Crippen LogP contribution in [0.2, 0.25) is 0 Å². The van der Waals surface area contributed by atoms with E-state index in [0.29, 0.717) is 35.4 Å². The fraction of sp³-hybridized carbons (Fsp3) is 0.364. The first-order chi connectivity index (χ1) is 15.4. The van der Waals surface area contributed by atoms with Crippen molar-refractivity contribution in [2.24, 2.45) is 5.73 Å². The normalized spacial score (nSPS) is 14.9. The maximum Gasteiger partial charge on any atom is 0.271 e. The number of carbonyl (C=O) groups excluding carboxylic acids is 1. The van der Waals surface area contributed by atoms with Gasteiger partial charge in [-0.3, -0.25) is 4.79 Å². The SMILES string of the molecule is CCc1nc(C(N)=O)c(Nc2cn(C3CCN(C)CC3)cn2)nc1Oc1cccc(N)c1. The van der Waals surface area contributed by atoms with Gasteiger partial charge >= 0.3 is 0 Å². The molecule has 5 N–H and O–H groups in total. The van der Waals surface area contributed by atoms with Crippen LogP contribution in [0.5, 0.6) is 11.6 Å². The molecule has 0 unspecified atom stereocenters. The monoisotopic (exact) mass is 436 g/mol. The second-order valence-electron chi connectivity index (χ2n) is 7.93. The molecule has 4 rings (SSSR count). The number of nitrogens with two attached hydrogens (primary N) is 2. The molecule has 1 amide bonds. The summed E-state index contributed by atoms with van der Waals surface area (Å²) in [6.07, 6.45) is 6.33. The van der Waals surface area contributed by atoms with Crippen LogP contribution in [-0.2, 0) is 6.42 Å². The number of ether oxygens (including phenoxy) is 1. The number of benzene rings is 1. The molecular weight excluding hydrogens is 408 g/mol. The number of nitrogens with one attached hydrogen (secondary N) is 1. The van der Waals surface area contributed by atoms with Crippen LogP contribution >= 0.6 is 0 Å². The number of aromatic nitrogens is 4. The highest BCUT2D eigenvalue weighted by Gasteiger charge is 2.21. The fourth-order valence-electron chi connectivity index (χ4n) is 3.73. The molecule has 0 aliphatic carbocycles. The lowest BCUT2D eigenvalue weighted by molar-refractivity contribution is 0.0996. The summed E-state index contributed by atoms with van der Waals surface area (Å²) in [5.74, 6) is 0.876. The Morgan fingerprint density at radius 3 is 2.75 bits per heavy atom. The standard InChI is InChI=1S/C22H28N8O2/c1-3-17-22(32-16-6-4-5-14(23)11-16)28-21(19(26-17)20(24)31)27-18-12-30(13-25-18)15-7-9-29(2)10-8-15/h4-6,11-13,15H,3,7-10,23H2,1-2H3,(H2,24,31)(H,27,28). The minimum atomic E-state index is -0.681.